The van der Waals surface area contributed by atoms with Gasteiger partial charge in [0.05, 0.1) is 19.2 Å². The van der Waals surface area contributed by atoms with Crippen LogP contribution in [0.5, 0.6) is 5.75 Å². The molecule has 0 fully saturated rings. The Morgan fingerprint density at radius 3 is 2.39 bits per heavy atom. The number of H-pyrrole nitrogens is 1. The van der Waals surface area contributed by atoms with Gasteiger partial charge in [-0.05, 0) is 37.5 Å². The molecule has 176 valence electrons. The minimum Gasteiger partial charge on any atom is -0.493 e. The number of fused-ring (bicyclic) bond motifs is 3. The molecule has 0 unspecified atom stereocenters. The topological polar surface area (TPSA) is 28.3 Å². The Labute approximate surface area is 189 Å². The monoisotopic (exact) mass is 464 g/mol. The van der Waals surface area contributed by atoms with Gasteiger partial charge >= 0.3 is 6.18 Å². The number of rotatable bonds is 5. The lowest BCUT2D eigenvalue weighted by Gasteiger charge is -2.36. The van der Waals surface area contributed by atoms with E-state index in [4.69, 9.17) is 4.74 Å². The van der Waals surface area contributed by atoms with Crippen molar-refractivity contribution in [3.05, 3.63) is 64.4 Å². The molecule has 2 heterocycles. The van der Waals surface area contributed by atoms with Crippen molar-refractivity contribution in [3.63, 3.8) is 0 Å². The fourth-order valence-electron chi connectivity index (χ4n) is 4.31. The molecule has 0 spiro atoms. The second-order valence-electron chi connectivity index (χ2n) is 7.95. The molecule has 3 aromatic rings. The maximum absolute atomic E-state index is 15.1. The molecular formula is C25H25F5N2O. The number of aromatic nitrogens is 1. The van der Waals surface area contributed by atoms with Gasteiger partial charge in [-0.2, -0.15) is 13.2 Å². The van der Waals surface area contributed by atoms with Crippen molar-refractivity contribution in [3.8, 4) is 18.6 Å². The lowest BCUT2D eigenvalue weighted by Crippen LogP contribution is -2.42. The Hall–Kier alpha value is -3.05. The molecule has 33 heavy (non-hydrogen) atoms. The number of nitrogens with one attached hydrogen (secondary N) is 1. The van der Waals surface area contributed by atoms with E-state index in [1.54, 1.807) is 0 Å². The number of alkyl halides is 3. The number of hydrogen-bond donors (Lipinski definition) is 1. The fraction of sp³-hybridized carbons (Fsp3) is 0.360. The van der Waals surface area contributed by atoms with Gasteiger partial charge in [-0.1, -0.05) is 18.6 Å². The zero-order chi connectivity index (χ0) is 24.3. The number of halogens is 5. The summed E-state index contributed by atoms with van der Waals surface area (Å²) in [5, 5.41) is 0.871. The molecule has 1 N–H and O–H groups in total. The standard InChI is InChI=1S/C23H23F5N2O.C2H2/c1-3-8-31-14-10-17(24)20(18(25)11-14)22-21-15(6-7-30(22)12-23(26,27)28)16-9-13(2)4-5-19(16)29-21;1-2/h4-5,9-11,22,29H,3,6-8,12H2,1-2H3;1-2H/t22-;/m0./s1. The molecule has 2 aromatic carbocycles. The van der Waals surface area contributed by atoms with E-state index in [9.17, 15) is 13.2 Å². The first-order valence-electron chi connectivity index (χ1n) is 10.5. The van der Waals surface area contributed by atoms with Gasteiger partial charge in [0, 0.05) is 40.8 Å². The van der Waals surface area contributed by atoms with Crippen molar-refractivity contribution < 1.29 is 26.7 Å². The van der Waals surface area contributed by atoms with Crippen LogP contribution in [-0.4, -0.2) is 35.8 Å². The van der Waals surface area contributed by atoms with Gasteiger partial charge < -0.3 is 9.72 Å². The molecule has 4 rings (SSSR count). The maximum Gasteiger partial charge on any atom is 0.401 e. The largest absolute Gasteiger partial charge is 0.493 e. The summed E-state index contributed by atoms with van der Waals surface area (Å²) in [6, 6.07) is 6.52. The van der Waals surface area contributed by atoms with Crippen LogP contribution in [0.2, 0.25) is 0 Å². The summed E-state index contributed by atoms with van der Waals surface area (Å²) >= 11 is 0. The van der Waals surface area contributed by atoms with Crippen LogP contribution in [0.4, 0.5) is 22.0 Å². The minimum absolute atomic E-state index is 0.0197. The minimum atomic E-state index is -4.50. The van der Waals surface area contributed by atoms with Gasteiger partial charge in [0.1, 0.15) is 17.4 Å². The highest BCUT2D eigenvalue weighted by molar-refractivity contribution is 5.86. The Morgan fingerprint density at radius 1 is 1.12 bits per heavy atom. The van der Waals surface area contributed by atoms with Crippen molar-refractivity contribution in [1.29, 1.82) is 0 Å². The van der Waals surface area contributed by atoms with Crippen LogP contribution in [0.1, 0.15) is 41.8 Å². The summed E-state index contributed by atoms with van der Waals surface area (Å²) < 4.78 is 75.4. The number of aryl methyl sites for hydroxylation is 1. The highest BCUT2D eigenvalue weighted by Crippen LogP contribution is 2.42. The summed E-state index contributed by atoms with van der Waals surface area (Å²) in [5.74, 6) is -1.83. The van der Waals surface area contributed by atoms with E-state index in [1.807, 2.05) is 32.0 Å². The van der Waals surface area contributed by atoms with E-state index in [1.165, 1.54) is 0 Å². The van der Waals surface area contributed by atoms with Crippen LogP contribution in [0.25, 0.3) is 10.9 Å². The van der Waals surface area contributed by atoms with E-state index in [0.29, 0.717) is 18.5 Å². The molecule has 3 nitrogen and oxygen atoms in total. The lowest BCUT2D eigenvalue weighted by atomic mass is 9.91. The third-order valence-corrected chi connectivity index (χ3v) is 5.56. The number of nitrogens with zero attached hydrogens (tertiary/aromatic N) is 1. The van der Waals surface area contributed by atoms with E-state index in [-0.39, 0.29) is 18.9 Å². The van der Waals surface area contributed by atoms with E-state index in [2.05, 4.69) is 17.8 Å². The fourth-order valence-corrected chi connectivity index (χ4v) is 4.31. The summed E-state index contributed by atoms with van der Waals surface area (Å²) in [5.41, 5.74) is 2.53. The van der Waals surface area contributed by atoms with E-state index >= 15 is 8.78 Å². The zero-order valence-electron chi connectivity index (χ0n) is 18.4. The summed E-state index contributed by atoms with van der Waals surface area (Å²) in [7, 11) is 0. The van der Waals surface area contributed by atoms with E-state index < -0.39 is 36.0 Å². The van der Waals surface area contributed by atoms with Gasteiger partial charge in [0.2, 0.25) is 0 Å². The predicted molar refractivity (Wildman–Crippen MR) is 118 cm³/mol. The van der Waals surface area contributed by atoms with Gasteiger partial charge in [-0.3, -0.25) is 4.90 Å². The Morgan fingerprint density at radius 2 is 1.79 bits per heavy atom. The van der Waals surface area contributed by atoms with Crippen molar-refractivity contribution in [2.24, 2.45) is 0 Å². The first kappa shape index (κ1) is 24.6. The van der Waals surface area contributed by atoms with Crippen molar-refractivity contribution >= 4 is 10.9 Å². The SMILES string of the molecule is C#C.CCCOc1cc(F)c([C@H]2c3[nH]c4ccc(C)cc4c3CCN2CC(F)(F)F)c(F)c1. The van der Waals surface area contributed by atoms with Crippen LogP contribution in [-0.2, 0) is 6.42 Å². The van der Waals surface area contributed by atoms with Gasteiger partial charge in [-0.15, -0.1) is 12.8 Å². The molecule has 1 aliphatic rings. The number of ether oxygens (including phenoxy) is 1. The normalized spacial score (nSPS) is 16.2. The molecule has 0 amide bonds. The first-order chi connectivity index (χ1) is 15.7. The third-order valence-electron chi connectivity index (χ3n) is 5.56. The zero-order valence-corrected chi connectivity index (χ0v) is 18.4. The maximum atomic E-state index is 15.1. The lowest BCUT2D eigenvalue weighted by molar-refractivity contribution is -0.150. The highest BCUT2D eigenvalue weighted by Gasteiger charge is 2.41. The molecule has 8 heteroatoms. The van der Waals surface area contributed by atoms with Crippen molar-refractivity contribution in [2.45, 2.75) is 38.9 Å². The van der Waals surface area contributed by atoms with Gasteiger partial charge in [0.15, 0.2) is 0 Å². The smallest absolute Gasteiger partial charge is 0.401 e. The van der Waals surface area contributed by atoms with Gasteiger partial charge in [-0.25, -0.2) is 8.78 Å². The molecule has 0 saturated heterocycles. The summed E-state index contributed by atoms with van der Waals surface area (Å²) in [6.07, 6.45) is 4.51. The highest BCUT2D eigenvalue weighted by atomic mass is 19.4. The third kappa shape index (κ3) is 5.14. The molecular weight excluding hydrogens is 439 g/mol. The van der Waals surface area contributed by atoms with E-state index in [0.717, 1.165) is 39.1 Å². The van der Waals surface area contributed by atoms with Crippen LogP contribution in [0, 0.1) is 31.4 Å². The molecule has 1 atom stereocenters. The average molecular weight is 464 g/mol. The summed E-state index contributed by atoms with van der Waals surface area (Å²) in [6.45, 7) is 2.83. The Balaban J connectivity index is 0.00000149. The number of terminal acetylenes is 1. The average Bonchev–Trinajstić information content (AvgIpc) is 3.11. The second-order valence-corrected chi connectivity index (χ2v) is 7.95. The molecule has 0 aliphatic carbocycles. The Bertz CT molecular complexity index is 1130. The second kappa shape index (κ2) is 9.84. The Kier molecular flexibility index (Phi) is 7.33. The van der Waals surface area contributed by atoms with Gasteiger partial charge in [0.25, 0.3) is 0 Å². The van der Waals surface area contributed by atoms with Crippen LogP contribution in [0.15, 0.2) is 30.3 Å². The molecule has 0 bridgehead atoms. The van der Waals surface area contributed by atoms with Crippen LogP contribution in [0.3, 0.4) is 0 Å². The first-order valence-corrected chi connectivity index (χ1v) is 10.5. The van der Waals surface area contributed by atoms with Crippen molar-refractivity contribution in [2.75, 3.05) is 19.7 Å². The predicted octanol–water partition coefficient (Wildman–Crippen LogP) is 6.30. The number of aromatic amines is 1. The van der Waals surface area contributed by atoms with Crippen LogP contribution < -0.4 is 4.74 Å². The number of benzene rings is 2. The molecule has 1 aromatic heterocycles. The quantitative estimate of drug-likeness (QED) is 0.354. The summed E-state index contributed by atoms with van der Waals surface area (Å²) in [4.78, 5) is 4.22. The molecule has 0 saturated carbocycles. The van der Waals surface area contributed by atoms with Crippen LogP contribution >= 0.6 is 0 Å². The molecule has 1 aliphatic heterocycles. The number of hydrogen-bond acceptors (Lipinski definition) is 2. The van der Waals surface area contributed by atoms with Crippen molar-refractivity contribution in [1.82, 2.24) is 9.88 Å². The molecule has 0 radical (unpaired) electrons.